The molecule has 4 aromatic carbocycles. The Labute approximate surface area is 281 Å². The predicted molar refractivity (Wildman–Crippen MR) is 181 cm³/mol. The summed E-state index contributed by atoms with van der Waals surface area (Å²) in [5, 5.41) is 9.27. The van der Waals surface area contributed by atoms with E-state index in [-0.39, 0.29) is 17.9 Å². The average Bonchev–Trinajstić information content (AvgIpc) is 3.09. The van der Waals surface area contributed by atoms with Crippen molar-refractivity contribution in [1.29, 1.82) is 0 Å². The molecule has 1 atom stereocenters. The fourth-order valence-electron chi connectivity index (χ4n) is 5.58. The maximum Gasteiger partial charge on any atom is 0.200 e. The third-order valence-corrected chi connectivity index (χ3v) is 8.50. The minimum Gasteiger partial charge on any atom is -0.505 e. The Morgan fingerprint density at radius 1 is 0.542 bits per heavy atom. The molecule has 8 heteroatoms. The fraction of sp³-hybridized carbons (Fsp3) is 0.400. The minimum atomic E-state index is -1.20. The number of rotatable bonds is 20. The quantitative estimate of drug-likeness (QED) is 0.0753. The van der Waals surface area contributed by atoms with Crippen molar-refractivity contribution < 1.29 is 36.9 Å². The molecule has 0 saturated heterocycles. The number of aryl methyl sites for hydroxylation is 4. The fourth-order valence-corrected chi connectivity index (χ4v) is 5.58. The molecule has 0 aromatic heterocycles. The molecule has 1 N–H and O–H groups in total. The van der Waals surface area contributed by atoms with E-state index in [9.17, 15) is 22.7 Å². The molecule has 4 aromatic rings. The molecule has 0 radical (unpaired) electrons. The Bertz CT molecular complexity index is 1560. The third-order valence-electron chi connectivity index (χ3n) is 8.50. The van der Waals surface area contributed by atoms with E-state index in [0.717, 1.165) is 61.2 Å². The highest BCUT2D eigenvalue weighted by Crippen LogP contribution is 2.25. The summed E-state index contributed by atoms with van der Waals surface area (Å²) in [4.78, 5) is 0. The molecule has 0 bridgehead atoms. The number of phenols is 1. The van der Waals surface area contributed by atoms with Gasteiger partial charge in [-0.05, 0) is 123 Å². The number of ether oxygens (including phenoxy) is 3. The first-order valence-corrected chi connectivity index (χ1v) is 16.9. The Hall–Kier alpha value is -4.20. The van der Waals surface area contributed by atoms with E-state index in [2.05, 4.69) is 6.92 Å². The van der Waals surface area contributed by atoms with E-state index >= 15 is 0 Å². The van der Waals surface area contributed by atoms with Gasteiger partial charge in [-0.3, -0.25) is 0 Å². The van der Waals surface area contributed by atoms with Crippen molar-refractivity contribution in [3.63, 3.8) is 0 Å². The van der Waals surface area contributed by atoms with Gasteiger partial charge in [0.25, 0.3) is 0 Å². The maximum absolute atomic E-state index is 14.3. The lowest BCUT2D eigenvalue weighted by Gasteiger charge is -2.12. The van der Waals surface area contributed by atoms with Crippen molar-refractivity contribution in [2.24, 2.45) is 5.92 Å². The van der Waals surface area contributed by atoms with Crippen molar-refractivity contribution in [2.45, 2.75) is 78.1 Å². The van der Waals surface area contributed by atoms with Gasteiger partial charge >= 0.3 is 0 Å². The summed E-state index contributed by atoms with van der Waals surface area (Å²) in [5.74, 6) is -2.47. The lowest BCUT2D eigenvalue weighted by Crippen LogP contribution is -2.02. The molecular weight excluding hydrogens is 620 g/mol. The summed E-state index contributed by atoms with van der Waals surface area (Å²) in [6, 6.07) is 21.1. The van der Waals surface area contributed by atoms with Gasteiger partial charge in [-0.1, -0.05) is 56.2 Å². The second-order valence-electron chi connectivity index (χ2n) is 12.2. The summed E-state index contributed by atoms with van der Waals surface area (Å²) in [5.41, 5.74) is 2.61. The zero-order valence-corrected chi connectivity index (χ0v) is 27.9. The molecule has 0 fully saturated rings. The monoisotopic (exact) mass is 666 g/mol. The van der Waals surface area contributed by atoms with E-state index in [1.54, 1.807) is 13.0 Å². The zero-order valence-electron chi connectivity index (χ0n) is 27.9. The minimum absolute atomic E-state index is 0.0553. The van der Waals surface area contributed by atoms with Crippen LogP contribution in [0.15, 0.2) is 72.8 Å². The van der Waals surface area contributed by atoms with Crippen LogP contribution in [0.5, 0.6) is 23.0 Å². The van der Waals surface area contributed by atoms with Crippen LogP contribution < -0.4 is 14.2 Å². The van der Waals surface area contributed by atoms with Crippen molar-refractivity contribution in [3.05, 3.63) is 118 Å². The Kier molecular flexibility index (Phi) is 14.5. The number of halogens is 4. The van der Waals surface area contributed by atoms with Gasteiger partial charge in [0.05, 0.1) is 19.8 Å². The molecule has 0 spiro atoms. The van der Waals surface area contributed by atoms with Gasteiger partial charge in [0.2, 0.25) is 11.6 Å². The number of hydrogen-bond acceptors (Lipinski definition) is 4. The summed E-state index contributed by atoms with van der Waals surface area (Å²) in [6.07, 6.45) is 8.33. The summed E-state index contributed by atoms with van der Waals surface area (Å²) in [7, 11) is 0. The van der Waals surface area contributed by atoms with Gasteiger partial charge in [0, 0.05) is 0 Å². The van der Waals surface area contributed by atoms with Crippen molar-refractivity contribution in [3.8, 4) is 23.0 Å². The third kappa shape index (κ3) is 11.2. The molecule has 258 valence electrons. The number of phenolic OH excluding ortho intramolecular Hbond substituents is 1. The second kappa shape index (κ2) is 19.0. The van der Waals surface area contributed by atoms with Gasteiger partial charge in [0.1, 0.15) is 11.5 Å². The molecule has 4 rings (SSSR count). The highest BCUT2D eigenvalue weighted by atomic mass is 19.2. The normalized spacial score (nSPS) is 11.8. The lowest BCUT2D eigenvalue weighted by molar-refractivity contribution is 0.290. The number of aromatic hydroxyl groups is 1. The van der Waals surface area contributed by atoms with Gasteiger partial charge < -0.3 is 19.3 Å². The molecule has 1 unspecified atom stereocenters. The highest BCUT2D eigenvalue weighted by molar-refractivity contribution is 5.34. The van der Waals surface area contributed by atoms with E-state index < -0.39 is 29.0 Å². The van der Waals surface area contributed by atoms with Crippen LogP contribution in [0, 0.1) is 29.2 Å². The summed E-state index contributed by atoms with van der Waals surface area (Å²) in [6.45, 7) is 5.60. The first-order valence-electron chi connectivity index (χ1n) is 16.9. The van der Waals surface area contributed by atoms with Crippen LogP contribution in [0.4, 0.5) is 17.6 Å². The van der Waals surface area contributed by atoms with Crippen molar-refractivity contribution in [1.82, 2.24) is 0 Å². The molecule has 0 aliphatic rings. The summed E-state index contributed by atoms with van der Waals surface area (Å²) < 4.78 is 72.9. The topological polar surface area (TPSA) is 47.9 Å². The highest BCUT2D eigenvalue weighted by Gasteiger charge is 2.15. The van der Waals surface area contributed by atoms with Gasteiger partial charge in [-0.2, -0.15) is 8.78 Å². The van der Waals surface area contributed by atoms with E-state index in [0.29, 0.717) is 50.4 Å². The standard InChI is InChI=1S/C40H46F4O4/c1-3-46-36-25-19-32(38(42)40(36)44)17-11-30-14-22-34(23-15-30)48-27-7-5-9-28(2)8-4-6-26-47-33-20-12-29(13-21-33)10-16-31-18-24-35(45)39(43)37(31)41/h12-15,18-25,28,45H,3-11,16-17,26-27H2,1-2H3. The van der Waals surface area contributed by atoms with Gasteiger partial charge in [-0.15, -0.1) is 0 Å². The smallest absolute Gasteiger partial charge is 0.200 e. The van der Waals surface area contributed by atoms with Crippen molar-refractivity contribution in [2.75, 3.05) is 19.8 Å². The number of hydrogen-bond donors (Lipinski definition) is 1. The van der Waals surface area contributed by atoms with E-state index in [4.69, 9.17) is 14.2 Å². The maximum atomic E-state index is 14.3. The largest absolute Gasteiger partial charge is 0.505 e. The lowest BCUT2D eigenvalue weighted by atomic mass is 9.98. The van der Waals surface area contributed by atoms with Crippen LogP contribution in [0.3, 0.4) is 0 Å². The first-order chi connectivity index (χ1) is 23.2. The van der Waals surface area contributed by atoms with Crippen LogP contribution in [-0.2, 0) is 25.7 Å². The Morgan fingerprint density at radius 3 is 1.52 bits per heavy atom. The molecule has 0 aliphatic carbocycles. The Balaban J connectivity index is 1.02. The molecule has 0 aliphatic heterocycles. The molecular formula is C40H46F4O4. The summed E-state index contributed by atoms with van der Waals surface area (Å²) >= 11 is 0. The van der Waals surface area contributed by atoms with Crippen LogP contribution in [0.25, 0.3) is 0 Å². The van der Waals surface area contributed by atoms with E-state index in [1.165, 1.54) is 18.2 Å². The first kappa shape index (κ1) is 36.6. The average molecular weight is 667 g/mol. The van der Waals surface area contributed by atoms with Crippen LogP contribution in [-0.4, -0.2) is 24.9 Å². The second-order valence-corrected chi connectivity index (χ2v) is 12.2. The number of benzene rings is 4. The number of unbranched alkanes of at least 4 members (excludes halogenated alkanes) is 2. The molecule has 48 heavy (non-hydrogen) atoms. The molecule has 0 heterocycles. The van der Waals surface area contributed by atoms with Crippen LogP contribution in [0.1, 0.15) is 74.6 Å². The SMILES string of the molecule is CCOc1ccc(CCc2ccc(OCCCCC(C)CCCCOc3ccc(CCc4ccc(O)c(F)c4F)cc3)cc2)c(F)c1F. The van der Waals surface area contributed by atoms with Gasteiger partial charge in [0.15, 0.2) is 23.1 Å². The molecule has 4 nitrogen and oxygen atoms in total. The van der Waals surface area contributed by atoms with Crippen LogP contribution >= 0.6 is 0 Å². The van der Waals surface area contributed by atoms with Crippen molar-refractivity contribution >= 4 is 0 Å². The molecule has 0 saturated carbocycles. The Morgan fingerprint density at radius 2 is 1.02 bits per heavy atom. The van der Waals surface area contributed by atoms with Gasteiger partial charge in [-0.25, -0.2) is 8.78 Å². The van der Waals surface area contributed by atoms with Crippen LogP contribution in [0.2, 0.25) is 0 Å². The molecule has 0 amide bonds. The zero-order chi connectivity index (χ0) is 34.3. The predicted octanol–water partition coefficient (Wildman–Crippen LogP) is 10.4. The van der Waals surface area contributed by atoms with E-state index in [1.807, 2.05) is 48.5 Å².